The molecule has 0 saturated heterocycles. The Morgan fingerprint density at radius 2 is 1.91 bits per heavy atom. The van der Waals surface area contributed by atoms with E-state index >= 15 is 0 Å². The lowest BCUT2D eigenvalue weighted by molar-refractivity contribution is -0.162. The molecule has 1 aromatic heterocycles. The zero-order chi connectivity index (χ0) is 16.5. The average Bonchev–Trinajstić information content (AvgIpc) is 3.01. The molecule has 0 bridgehead atoms. The number of fused-ring (bicyclic) bond motifs is 5. The molecule has 1 heterocycles. The second-order valence-electron chi connectivity index (χ2n) is 8.92. The number of Topliss-reactive ketones (excluding diaryl/α,β-unsaturated/α-hetero) is 1. The number of carbonyl (C=O) groups is 1. The molecular weight excluding hydrogens is 288 g/mol. The smallest absolute Gasteiger partial charge is 0.141 e. The summed E-state index contributed by atoms with van der Waals surface area (Å²) >= 11 is 0. The van der Waals surface area contributed by atoms with E-state index in [1.54, 1.807) is 0 Å². The fourth-order valence-corrected chi connectivity index (χ4v) is 6.66. The third-order valence-electron chi connectivity index (χ3n) is 8.00. The standard InChI is InChI=1S/C20H28O3/c1-18-8-6-16-19(2,9-7-17(22)20(16,3)12-21)15(18)5-4-13-10-23-11-14(13)18/h10-11,15-16,21H,4-9,12H2,1-3H3. The van der Waals surface area contributed by atoms with Crippen LogP contribution in [0, 0.1) is 22.7 Å². The first-order chi connectivity index (χ1) is 10.9. The van der Waals surface area contributed by atoms with E-state index in [-0.39, 0.29) is 23.2 Å². The molecule has 23 heavy (non-hydrogen) atoms. The third-order valence-corrected chi connectivity index (χ3v) is 8.00. The molecule has 0 spiro atoms. The van der Waals surface area contributed by atoms with Gasteiger partial charge in [0.15, 0.2) is 0 Å². The van der Waals surface area contributed by atoms with Gasteiger partial charge in [-0.3, -0.25) is 4.79 Å². The lowest BCUT2D eigenvalue weighted by Crippen LogP contribution is -2.61. The average molecular weight is 316 g/mol. The van der Waals surface area contributed by atoms with Gasteiger partial charge in [0.1, 0.15) is 5.78 Å². The van der Waals surface area contributed by atoms with E-state index in [0.29, 0.717) is 18.3 Å². The van der Waals surface area contributed by atoms with Crippen molar-refractivity contribution >= 4 is 5.78 Å². The van der Waals surface area contributed by atoms with E-state index in [0.717, 1.165) is 25.7 Å². The Kier molecular flexibility index (Phi) is 3.17. The maximum absolute atomic E-state index is 12.6. The number of aliphatic hydroxyl groups excluding tert-OH is 1. The van der Waals surface area contributed by atoms with Gasteiger partial charge in [0.25, 0.3) is 0 Å². The van der Waals surface area contributed by atoms with Crippen LogP contribution in [0.15, 0.2) is 16.9 Å². The van der Waals surface area contributed by atoms with Crippen LogP contribution < -0.4 is 0 Å². The van der Waals surface area contributed by atoms with Crippen LogP contribution in [0.5, 0.6) is 0 Å². The van der Waals surface area contributed by atoms with Gasteiger partial charge >= 0.3 is 0 Å². The topological polar surface area (TPSA) is 50.4 Å². The molecule has 2 saturated carbocycles. The molecule has 1 N–H and O–H groups in total. The van der Waals surface area contributed by atoms with Crippen LogP contribution in [-0.2, 0) is 16.6 Å². The van der Waals surface area contributed by atoms with E-state index in [4.69, 9.17) is 4.42 Å². The predicted octanol–water partition coefficient (Wildman–Crippen LogP) is 3.88. The number of aliphatic hydroxyl groups is 1. The van der Waals surface area contributed by atoms with Gasteiger partial charge in [-0.15, -0.1) is 0 Å². The highest BCUT2D eigenvalue weighted by Crippen LogP contribution is 2.66. The van der Waals surface area contributed by atoms with Gasteiger partial charge in [0, 0.05) is 6.42 Å². The quantitative estimate of drug-likeness (QED) is 0.855. The second kappa shape index (κ2) is 4.72. The van der Waals surface area contributed by atoms with Crippen LogP contribution in [0.25, 0.3) is 0 Å². The predicted molar refractivity (Wildman–Crippen MR) is 88.1 cm³/mol. The minimum absolute atomic E-state index is 0.00746. The van der Waals surface area contributed by atoms with E-state index in [2.05, 4.69) is 13.8 Å². The number of carbonyl (C=O) groups excluding carboxylic acids is 1. The maximum Gasteiger partial charge on any atom is 0.141 e. The largest absolute Gasteiger partial charge is 0.472 e. The van der Waals surface area contributed by atoms with Crippen LogP contribution in [-0.4, -0.2) is 17.5 Å². The number of hydrogen-bond acceptors (Lipinski definition) is 3. The Bertz CT molecular complexity index is 647. The number of hydrogen-bond donors (Lipinski definition) is 1. The van der Waals surface area contributed by atoms with Gasteiger partial charge in [-0.05, 0) is 65.9 Å². The summed E-state index contributed by atoms with van der Waals surface area (Å²) in [5, 5.41) is 10.0. The van der Waals surface area contributed by atoms with Crippen LogP contribution >= 0.6 is 0 Å². The minimum Gasteiger partial charge on any atom is -0.472 e. The van der Waals surface area contributed by atoms with Gasteiger partial charge in [-0.25, -0.2) is 0 Å². The zero-order valence-corrected chi connectivity index (χ0v) is 14.5. The van der Waals surface area contributed by atoms with E-state index in [1.807, 2.05) is 19.5 Å². The van der Waals surface area contributed by atoms with Crippen LogP contribution in [0.2, 0.25) is 0 Å². The van der Waals surface area contributed by atoms with Gasteiger partial charge in [-0.2, -0.15) is 0 Å². The summed E-state index contributed by atoms with van der Waals surface area (Å²) in [6.45, 7) is 6.79. The van der Waals surface area contributed by atoms with E-state index in [1.165, 1.54) is 17.5 Å². The molecule has 4 rings (SSSR count). The molecule has 0 aliphatic heterocycles. The van der Waals surface area contributed by atoms with Crippen molar-refractivity contribution in [1.82, 2.24) is 0 Å². The van der Waals surface area contributed by atoms with Crippen molar-refractivity contribution in [3.8, 4) is 0 Å². The first-order valence-electron chi connectivity index (χ1n) is 9.06. The molecule has 3 nitrogen and oxygen atoms in total. The summed E-state index contributed by atoms with van der Waals surface area (Å²) in [5.74, 6) is 1.14. The monoisotopic (exact) mass is 316 g/mol. The summed E-state index contributed by atoms with van der Waals surface area (Å²) in [6, 6.07) is 0. The SMILES string of the molecule is CC1(CO)C(=O)CCC2(C)C1CCC1(C)c3cocc3CCC12. The summed E-state index contributed by atoms with van der Waals surface area (Å²) in [6.07, 6.45) is 9.85. The molecule has 1 aromatic rings. The molecule has 2 fully saturated rings. The van der Waals surface area contributed by atoms with E-state index < -0.39 is 5.41 Å². The molecule has 5 atom stereocenters. The molecule has 5 unspecified atom stereocenters. The third kappa shape index (κ3) is 1.77. The highest BCUT2D eigenvalue weighted by molar-refractivity contribution is 5.86. The molecule has 0 radical (unpaired) electrons. The molecule has 3 heteroatoms. The van der Waals surface area contributed by atoms with Crippen molar-refractivity contribution in [2.45, 2.75) is 64.7 Å². The fourth-order valence-electron chi connectivity index (χ4n) is 6.66. The van der Waals surface area contributed by atoms with Crippen LogP contribution in [0.4, 0.5) is 0 Å². The molecule has 126 valence electrons. The van der Waals surface area contributed by atoms with Crippen molar-refractivity contribution in [3.05, 3.63) is 23.7 Å². The van der Waals surface area contributed by atoms with Gasteiger partial charge < -0.3 is 9.52 Å². The molecule has 0 amide bonds. The van der Waals surface area contributed by atoms with Crippen molar-refractivity contribution in [2.24, 2.45) is 22.7 Å². The highest BCUT2D eigenvalue weighted by atomic mass is 16.3. The minimum atomic E-state index is -0.551. The first kappa shape index (κ1) is 15.4. The second-order valence-corrected chi connectivity index (χ2v) is 8.92. The van der Waals surface area contributed by atoms with Crippen LogP contribution in [0.1, 0.15) is 64.0 Å². The van der Waals surface area contributed by atoms with Crippen molar-refractivity contribution < 1.29 is 14.3 Å². The Labute approximate surface area is 138 Å². The number of aryl methyl sites for hydroxylation is 1. The van der Waals surface area contributed by atoms with Gasteiger partial charge in [0.2, 0.25) is 0 Å². The Balaban J connectivity index is 1.80. The maximum atomic E-state index is 12.6. The van der Waals surface area contributed by atoms with Gasteiger partial charge in [0.05, 0.1) is 24.5 Å². The Morgan fingerprint density at radius 3 is 2.65 bits per heavy atom. The van der Waals surface area contributed by atoms with E-state index in [9.17, 15) is 9.90 Å². The zero-order valence-electron chi connectivity index (χ0n) is 14.5. The van der Waals surface area contributed by atoms with Crippen molar-refractivity contribution in [3.63, 3.8) is 0 Å². The molecule has 3 aliphatic carbocycles. The Hall–Kier alpha value is -1.09. The summed E-state index contributed by atoms with van der Waals surface area (Å²) < 4.78 is 5.54. The van der Waals surface area contributed by atoms with Crippen molar-refractivity contribution in [2.75, 3.05) is 6.61 Å². The summed E-state index contributed by atoms with van der Waals surface area (Å²) in [5.41, 5.74) is 2.51. The van der Waals surface area contributed by atoms with Crippen molar-refractivity contribution in [1.29, 1.82) is 0 Å². The van der Waals surface area contributed by atoms with Gasteiger partial charge in [-0.1, -0.05) is 20.8 Å². The number of furan rings is 1. The normalized spacial score (nSPS) is 46.0. The Morgan fingerprint density at radius 1 is 1.13 bits per heavy atom. The lowest BCUT2D eigenvalue weighted by atomic mass is 9.40. The summed E-state index contributed by atoms with van der Waals surface area (Å²) in [7, 11) is 0. The highest BCUT2D eigenvalue weighted by Gasteiger charge is 2.62. The molecular formula is C20H28O3. The lowest BCUT2D eigenvalue weighted by Gasteiger charge is -2.63. The number of rotatable bonds is 1. The van der Waals surface area contributed by atoms with Crippen LogP contribution in [0.3, 0.4) is 0 Å². The molecule has 0 aromatic carbocycles. The first-order valence-corrected chi connectivity index (χ1v) is 9.06. The fraction of sp³-hybridized carbons (Fsp3) is 0.750. The molecule has 3 aliphatic rings. The summed E-state index contributed by atoms with van der Waals surface area (Å²) in [4.78, 5) is 12.6. The number of ketones is 1.